The first-order chi connectivity index (χ1) is 6.93. The molecule has 90 valence electrons. The molecular formula is C9H18O6. The molecule has 1 saturated heterocycles. The molecular weight excluding hydrogens is 204 g/mol. The fourth-order valence-corrected chi connectivity index (χ4v) is 1.36. The zero-order valence-corrected chi connectivity index (χ0v) is 8.78. The van der Waals surface area contributed by atoms with Crippen LogP contribution in [-0.4, -0.2) is 63.8 Å². The van der Waals surface area contributed by atoms with E-state index in [1.807, 2.05) is 13.8 Å². The Hall–Kier alpha value is -0.240. The van der Waals surface area contributed by atoms with Crippen molar-refractivity contribution in [3.63, 3.8) is 0 Å². The van der Waals surface area contributed by atoms with Crippen molar-refractivity contribution in [1.82, 2.24) is 0 Å². The Morgan fingerprint density at radius 1 is 1.07 bits per heavy atom. The van der Waals surface area contributed by atoms with Crippen LogP contribution in [0.3, 0.4) is 0 Å². The lowest BCUT2D eigenvalue weighted by Crippen LogP contribution is -2.58. The van der Waals surface area contributed by atoms with E-state index in [0.29, 0.717) is 0 Å². The summed E-state index contributed by atoms with van der Waals surface area (Å²) in [5.74, 6) is 0. The first-order valence-corrected chi connectivity index (χ1v) is 4.92. The molecule has 1 heterocycles. The number of rotatable bonds is 3. The van der Waals surface area contributed by atoms with Crippen molar-refractivity contribution in [3.05, 3.63) is 0 Å². The number of aliphatic hydroxyl groups is 4. The fraction of sp³-hybridized carbons (Fsp3) is 1.00. The first-order valence-electron chi connectivity index (χ1n) is 4.92. The van der Waals surface area contributed by atoms with Crippen LogP contribution in [0.4, 0.5) is 0 Å². The highest BCUT2D eigenvalue weighted by Crippen LogP contribution is 2.20. The van der Waals surface area contributed by atoms with Crippen LogP contribution in [0.15, 0.2) is 0 Å². The zero-order valence-electron chi connectivity index (χ0n) is 8.78. The molecule has 1 fully saturated rings. The van der Waals surface area contributed by atoms with Crippen LogP contribution >= 0.6 is 0 Å². The summed E-state index contributed by atoms with van der Waals surface area (Å²) >= 11 is 0. The van der Waals surface area contributed by atoms with Crippen molar-refractivity contribution in [2.24, 2.45) is 0 Å². The Morgan fingerprint density at radius 2 is 1.67 bits per heavy atom. The van der Waals surface area contributed by atoms with Gasteiger partial charge in [-0.25, -0.2) is 0 Å². The van der Waals surface area contributed by atoms with E-state index < -0.39 is 30.7 Å². The van der Waals surface area contributed by atoms with Crippen LogP contribution in [0.5, 0.6) is 0 Å². The maximum absolute atomic E-state index is 9.51. The quantitative estimate of drug-likeness (QED) is 0.450. The van der Waals surface area contributed by atoms with Crippen LogP contribution < -0.4 is 0 Å². The minimum absolute atomic E-state index is 0.0399. The Labute approximate surface area is 88.1 Å². The van der Waals surface area contributed by atoms with Gasteiger partial charge in [0, 0.05) is 0 Å². The van der Waals surface area contributed by atoms with Crippen LogP contribution in [0.1, 0.15) is 13.8 Å². The highest BCUT2D eigenvalue weighted by molar-refractivity contribution is 4.88. The maximum atomic E-state index is 9.51. The van der Waals surface area contributed by atoms with E-state index >= 15 is 0 Å². The molecule has 6 nitrogen and oxygen atoms in total. The van der Waals surface area contributed by atoms with Gasteiger partial charge in [-0.2, -0.15) is 0 Å². The second-order valence-corrected chi connectivity index (χ2v) is 3.92. The number of aliphatic hydroxyl groups excluding tert-OH is 4. The molecule has 15 heavy (non-hydrogen) atoms. The molecule has 4 N–H and O–H groups in total. The third-order valence-corrected chi connectivity index (χ3v) is 2.28. The molecule has 0 saturated carbocycles. The third-order valence-electron chi connectivity index (χ3n) is 2.28. The van der Waals surface area contributed by atoms with Crippen molar-refractivity contribution in [3.8, 4) is 0 Å². The van der Waals surface area contributed by atoms with Gasteiger partial charge in [-0.1, -0.05) is 0 Å². The van der Waals surface area contributed by atoms with Crippen molar-refractivity contribution in [2.45, 2.75) is 50.7 Å². The molecule has 0 bridgehead atoms. The number of ether oxygens (including phenoxy) is 2. The number of hydrogen-bond acceptors (Lipinski definition) is 6. The summed E-state index contributed by atoms with van der Waals surface area (Å²) in [7, 11) is 0. The van der Waals surface area contributed by atoms with Gasteiger partial charge in [-0.15, -0.1) is 0 Å². The molecule has 6 heteroatoms. The molecule has 1 aliphatic rings. The molecule has 0 spiro atoms. The molecule has 0 aliphatic carbocycles. The SMILES string of the molecule is CC(C)OC[C@@H]1OC(O)C(O)[C@H](O)C1O. The van der Waals surface area contributed by atoms with Gasteiger partial charge in [0.15, 0.2) is 6.29 Å². The highest BCUT2D eigenvalue weighted by Gasteiger charge is 2.42. The minimum atomic E-state index is -1.50. The largest absolute Gasteiger partial charge is 0.387 e. The second kappa shape index (κ2) is 5.20. The molecule has 0 aromatic heterocycles. The standard InChI is InChI=1S/C9H18O6/c1-4(2)14-3-5-6(10)7(11)8(12)9(13)15-5/h4-13H,3H2,1-2H3/t5-,6?,7+,8?,9?/m0/s1. The lowest BCUT2D eigenvalue weighted by molar-refractivity contribution is -0.289. The Bertz CT molecular complexity index is 197. The fourth-order valence-electron chi connectivity index (χ4n) is 1.36. The van der Waals surface area contributed by atoms with Gasteiger partial charge in [0.05, 0.1) is 12.7 Å². The summed E-state index contributed by atoms with van der Waals surface area (Å²) in [6.45, 7) is 3.69. The Kier molecular flexibility index (Phi) is 4.45. The topological polar surface area (TPSA) is 99.4 Å². The predicted molar refractivity (Wildman–Crippen MR) is 50.0 cm³/mol. The van der Waals surface area contributed by atoms with Crippen molar-refractivity contribution >= 4 is 0 Å². The van der Waals surface area contributed by atoms with Gasteiger partial charge in [-0.3, -0.25) is 0 Å². The normalized spacial score (nSPS) is 42.2. The molecule has 3 unspecified atom stereocenters. The van der Waals surface area contributed by atoms with Gasteiger partial charge < -0.3 is 29.9 Å². The van der Waals surface area contributed by atoms with Crippen molar-refractivity contribution in [2.75, 3.05) is 6.61 Å². The summed E-state index contributed by atoms with van der Waals surface area (Å²) in [5.41, 5.74) is 0. The molecule has 1 rings (SSSR count). The van der Waals surface area contributed by atoms with Crippen molar-refractivity contribution < 1.29 is 29.9 Å². The van der Waals surface area contributed by atoms with Gasteiger partial charge in [-0.05, 0) is 13.8 Å². The summed E-state index contributed by atoms with van der Waals surface area (Å²) < 4.78 is 10.1. The van der Waals surface area contributed by atoms with Crippen LogP contribution in [0, 0.1) is 0 Å². The Balaban J connectivity index is 2.51. The van der Waals surface area contributed by atoms with Gasteiger partial charge in [0.25, 0.3) is 0 Å². The van der Waals surface area contributed by atoms with Crippen LogP contribution in [0.25, 0.3) is 0 Å². The molecule has 0 aromatic carbocycles. The minimum Gasteiger partial charge on any atom is -0.387 e. The summed E-state index contributed by atoms with van der Waals surface area (Å²) in [6.07, 6.45) is -6.54. The van der Waals surface area contributed by atoms with Crippen LogP contribution in [0.2, 0.25) is 0 Å². The average Bonchev–Trinajstić information content (AvgIpc) is 2.18. The number of hydrogen-bond donors (Lipinski definition) is 4. The Morgan fingerprint density at radius 3 is 2.20 bits per heavy atom. The van der Waals surface area contributed by atoms with Gasteiger partial charge in [0.2, 0.25) is 0 Å². The van der Waals surface area contributed by atoms with E-state index in [-0.39, 0.29) is 12.7 Å². The van der Waals surface area contributed by atoms with E-state index in [9.17, 15) is 20.4 Å². The van der Waals surface area contributed by atoms with Crippen LogP contribution in [-0.2, 0) is 9.47 Å². The summed E-state index contributed by atoms with van der Waals surface area (Å²) in [5, 5.41) is 37.3. The summed E-state index contributed by atoms with van der Waals surface area (Å²) in [6, 6.07) is 0. The smallest absolute Gasteiger partial charge is 0.184 e. The second-order valence-electron chi connectivity index (χ2n) is 3.92. The van der Waals surface area contributed by atoms with Gasteiger partial charge >= 0.3 is 0 Å². The first kappa shape index (κ1) is 12.8. The molecule has 1 aliphatic heterocycles. The molecule has 0 radical (unpaired) electrons. The molecule has 0 aromatic rings. The van der Waals surface area contributed by atoms with E-state index in [4.69, 9.17) is 9.47 Å². The monoisotopic (exact) mass is 222 g/mol. The maximum Gasteiger partial charge on any atom is 0.184 e. The average molecular weight is 222 g/mol. The molecule has 5 atom stereocenters. The highest BCUT2D eigenvalue weighted by atomic mass is 16.6. The summed E-state index contributed by atoms with van der Waals surface area (Å²) in [4.78, 5) is 0. The van der Waals surface area contributed by atoms with Gasteiger partial charge in [0.1, 0.15) is 24.4 Å². The van der Waals surface area contributed by atoms with E-state index in [2.05, 4.69) is 0 Å². The van der Waals surface area contributed by atoms with Crippen molar-refractivity contribution in [1.29, 1.82) is 0 Å². The van der Waals surface area contributed by atoms with E-state index in [1.165, 1.54) is 0 Å². The zero-order chi connectivity index (χ0) is 11.6. The predicted octanol–water partition coefficient (Wildman–Crippen LogP) is -1.79. The van der Waals surface area contributed by atoms with E-state index in [0.717, 1.165) is 0 Å². The molecule has 0 amide bonds. The lowest BCUT2D eigenvalue weighted by atomic mass is 9.99. The third kappa shape index (κ3) is 3.10. The lowest BCUT2D eigenvalue weighted by Gasteiger charge is -2.38. The van der Waals surface area contributed by atoms with E-state index in [1.54, 1.807) is 0 Å².